The lowest BCUT2D eigenvalue weighted by atomic mass is 9.93. The lowest BCUT2D eigenvalue weighted by molar-refractivity contribution is -0.274. The highest BCUT2D eigenvalue weighted by atomic mass is 32.2. The molecule has 2 amide bonds. The maximum atomic E-state index is 13.2. The molecule has 1 aliphatic heterocycles. The first kappa shape index (κ1) is 34.0. The number of amides is 2. The number of carbonyl (C=O) groups is 1. The highest BCUT2D eigenvalue weighted by Gasteiger charge is 2.31. The predicted molar refractivity (Wildman–Crippen MR) is 182 cm³/mol. The van der Waals surface area contributed by atoms with E-state index in [0.29, 0.717) is 11.5 Å². The van der Waals surface area contributed by atoms with Crippen molar-refractivity contribution < 1.29 is 22.7 Å². The van der Waals surface area contributed by atoms with Gasteiger partial charge in [0, 0.05) is 35.0 Å². The van der Waals surface area contributed by atoms with E-state index in [9.17, 15) is 18.0 Å². The fourth-order valence-corrected chi connectivity index (χ4v) is 6.70. The fraction of sp³-hybridized carbons (Fsp3) is 0.371. The fourth-order valence-electron chi connectivity index (χ4n) is 5.50. The SMILES string of the molecule is CCCc1ccc(C)cc1N1/C(=N/C(=O)NC(C)C(C)c2ccc(-c3ncn(-c4ccc(OC(F)(F)F)cc4)n3)cc2)SCCC1C. The standard InChI is InChI=1S/C35H39F3N6O2S/c1-6-7-27-9-8-22(2)20-31(27)44-23(3)18-19-47-34(44)41-33(45)40-25(5)24(4)26-10-12-28(13-11-26)32-39-21-43(42-32)29-14-16-30(17-15-29)46-35(36,37)38/h8-17,20-21,23-25H,6-7,18-19H2,1-5H3,(H,40,45)/b41-34-. The first-order chi connectivity index (χ1) is 22.4. The van der Waals surface area contributed by atoms with E-state index < -0.39 is 6.36 Å². The first-order valence-electron chi connectivity index (χ1n) is 15.7. The molecule has 4 aromatic rings. The Morgan fingerprint density at radius 2 is 1.83 bits per heavy atom. The van der Waals surface area contributed by atoms with Crippen molar-refractivity contribution >= 4 is 28.6 Å². The van der Waals surface area contributed by atoms with E-state index in [0.717, 1.165) is 47.0 Å². The van der Waals surface area contributed by atoms with Gasteiger partial charge in [-0.1, -0.05) is 68.4 Å². The Bertz CT molecular complexity index is 1710. The molecule has 47 heavy (non-hydrogen) atoms. The van der Waals surface area contributed by atoms with Gasteiger partial charge in [-0.15, -0.1) is 18.3 Å². The van der Waals surface area contributed by atoms with Crippen LogP contribution in [0.1, 0.15) is 63.1 Å². The first-order valence-corrected chi connectivity index (χ1v) is 16.7. The zero-order valence-corrected chi connectivity index (χ0v) is 27.9. The van der Waals surface area contributed by atoms with E-state index >= 15 is 0 Å². The number of nitrogens with zero attached hydrogens (tertiary/aromatic N) is 5. The number of halogens is 3. The molecule has 1 fully saturated rings. The summed E-state index contributed by atoms with van der Waals surface area (Å²) in [6.07, 6.45) is -0.237. The van der Waals surface area contributed by atoms with Crippen LogP contribution in [0.3, 0.4) is 0 Å². The smallest absolute Gasteiger partial charge is 0.406 e. The number of thioether (sulfide) groups is 1. The quantitative estimate of drug-likeness (QED) is 0.193. The van der Waals surface area contributed by atoms with Gasteiger partial charge < -0.3 is 15.0 Å². The summed E-state index contributed by atoms with van der Waals surface area (Å²) < 4.78 is 42.8. The van der Waals surface area contributed by atoms with Crippen LogP contribution in [0.2, 0.25) is 0 Å². The zero-order chi connectivity index (χ0) is 33.7. The van der Waals surface area contributed by atoms with Gasteiger partial charge in [0.15, 0.2) is 11.0 Å². The third kappa shape index (κ3) is 8.54. The summed E-state index contributed by atoms with van der Waals surface area (Å²) in [5.41, 5.74) is 5.93. The van der Waals surface area contributed by atoms with E-state index in [4.69, 9.17) is 0 Å². The van der Waals surface area contributed by atoms with Gasteiger partial charge in [0.1, 0.15) is 12.1 Å². The molecular weight excluding hydrogens is 625 g/mol. The number of ether oxygens (including phenoxy) is 1. The van der Waals surface area contributed by atoms with E-state index in [2.05, 4.69) is 75.9 Å². The normalized spacial score (nSPS) is 17.4. The molecule has 5 rings (SSSR count). The molecule has 3 unspecified atom stereocenters. The van der Waals surface area contributed by atoms with Crippen molar-refractivity contribution in [2.45, 2.75) is 78.2 Å². The van der Waals surface area contributed by atoms with Gasteiger partial charge in [-0.05, 0) is 80.6 Å². The summed E-state index contributed by atoms with van der Waals surface area (Å²) in [5, 5.41) is 8.29. The Morgan fingerprint density at radius 1 is 1.11 bits per heavy atom. The van der Waals surface area contributed by atoms with E-state index in [1.54, 1.807) is 11.8 Å². The number of alkyl halides is 3. The van der Waals surface area contributed by atoms with E-state index in [-0.39, 0.29) is 29.8 Å². The number of hydrogen-bond acceptors (Lipinski definition) is 5. The summed E-state index contributed by atoms with van der Waals surface area (Å²) in [6, 6.07) is 19.4. The molecule has 1 aliphatic rings. The second-order valence-electron chi connectivity index (χ2n) is 11.8. The number of carbonyl (C=O) groups excluding carboxylic acids is 1. The topological polar surface area (TPSA) is 84.6 Å². The molecule has 2 heterocycles. The maximum absolute atomic E-state index is 13.2. The van der Waals surface area contributed by atoms with Crippen molar-refractivity contribution in [3.05, 3.63) is 89.7 Å². The predicted octanol–water partition coefficient (Wildman–Crippen LogP) is 8.68. The number of rotatable bonds is 9. The van der Waals surface area contributed by atoms with Crippen molar-refractivity contribution in [1.29, 1.82) is 0 Å². The minimum Gasteiger partial charge on any atom is -0.406 e. The molecule has 3 aromatic carbocycles. The second-order valence-corrected chi connectivity index (χ2v) is 12.9. The summed E-state index contributed by atoms with van der Waals surface area (Å²) in [4.78, 5) is 24.4. The minimum atomic E-state index is -4.75. The maximum Gasteiger partial charge on any atom is 0.573 e. The average Bonchev–Trinajstić information content (AvgIpc) is 3.52. The number of urea groups is 1. The van der Waals surface area contributed by atoms with Crippen LogP contribution >= 0.6 is 11.8 Å². The Balaban J connectivity index is 1.24. The molecule has 0 bridgehead atoms. The van der Waals surface area contributed by atoms with Crippen molar-refractivity contribution in [2.24, 2.45) is 4.99 Å². The Labute approximate surface area is 277 Å². The average molecular weight is 665 g/mol. The number of amidine groups is 1. The number of aromatic nitrogens is 3. The van der Waals surface area contributed by atoms with Crippen LogP contribution in [-0.4, -0.2) is 50.2 Å². The number of hydrogen-bond donors (Lipinski definition) is 1. The highest BCUT2D eigenvalue weighted by Crippen LogP contribution is 2.33. The second kappa shape index (κ2) is 14.6. The largest absolute Gasteiger partial charge is 0.573 e. The molecule has 0 spiro atoms. The van der Waals surface area contributed by atoms with E-state index in [1.807, 2.05) is 31.2 Å². The Kier molecular flexibility index (Phi) is 10.6. The van der Waals surface area contributed by atoms with Crippen LogP contribution in [0.4, 0.5) is 23.7 Å². The number of benzene rings is 3. The van der Waals surface area contributed by atoms with Gasteiger partial charge in [0.2, 0.25) is 0 Å². The van der Waals surface area contributed by atoms with Crippen molar-refractivity contribution in [2.75, 3.05) is 10.7 Å². The van der Waals surface area contributed by atoms with Crippen LogP contribution < -0.4 is 15.0 Å². The molecule has 1 N–H and O–H groups in total. The molecular formula is C35H39F3N6O2S. The van der Waals surface area contributed by atoms with Crippen LogP contribution in [0.25, 0.3) is 17.1 Å². The molecule has 248 valence electrons. The number of aliphatic imine (C=N–C) groups is 1. The van der Waals surface area contributed by atoms with Gasteiger partial charge in [-0.25, -0.2) is 14.5 Å². The highest BCUT2D eigenvalue weighted by molar-refractivity contribution is 8.14. The van der Waals surface area contributed by atoms with Crippen molar-refractivity contribution in [1.82, 2.24) is 20.1 Å². The third-order valence-electron chi connectivity index (χ3n) is 8.25. The summed E-state index contributed by atoms with van der Waals surface area (Å²) in [6.45, 7) is 10.5. The number of aryl methyl sites for hydroxylation is 2. The molecule has 8 nitrogen and oxygen atoms in total. The van der Waals surface area contributed by atoms with Gasteiger partial charge in [0.25, 0.3) is 0 Å². The Hall–Kier alpha value is -4.32. The molecule has 0 radical (unpaired) electrons. The molecule has 0 aliphatic carbocycles. The van der Waals surface area contributed by atoms with Crippen LogP contribution in [-0.2, 0) is 6.42 Å². The molecule has 0 saturated carbocycles. The summed E-state index contributed by atoms with van der Waals surface area (Å²) in [5.74, 6) is 1.07. The molecule has 1 saturated heterocycles. The van der Waals surface area contributed by atoms with Crippen LogP contribution in [0, 0.1) is 6.92 Å². The number of anilines is 1. The van der Waals surface area contributed by atoms with Crippen LogP contribution in [0.5, 0.6) is 5.75 Å². The lowest BCUT2D eigenvalue weighted by Crippen LogP contribution is -2.43. The zero-order valence-electron chi connectivity index (χ0n) is 27.1. The van der Waals surface area contributed by atoms with Gasteiger partial charge >= 0.3 is 12.4 Å². The number of nitrogens with one attached hydrogen (secondary N) is 1. The summed E-state index contributed by atoms with van der Waals surface area (Å²) in [7, 11) is 0. The monoisotopic (exact) mass is 664 g/mol. The van der Waals surface area contributed by atoms with Crippen molar-refractivity contribution in [3.63, 3.8) is 0 Å². The minimum absolute atomic E-state index is 0.00175. The molecule has 1 aromatic heterocycles. The third-order valence-corrected chi connectivity index (χ3v) is 9.24. The Morgan fingerprint density at radius 3 is 2.51 bits per heavy atom. The van der Waals surface area contributed by atoms with Crippen LogP contribution in [0.15, 0.2) is 78.0 Å². The van der Waals surface area contributed by atoms with Gasteiger partial charge in [-0.3, -0.25) is 0 Å². The van der Waals surface area contributed by atoms with Crippen molar-refractivity contribution in [3.8, 4) is 22.8 Å². The summed E-state index contributed by atoms with van der Waals surface area (Å²) >= 11 is 1.62. The van der Waals surface area contributed by atoms with E-state index in [1.165, 1.54) is 46.4 Å². The van der Waals surface area contributed by atoms with Gasteiger partial charge in [0.05, 0.1) is 5.69 Å². The molecule has 3 atom stereocenters. The molecule has 12 heteroatoms. The van der Waals surface area contributed by atoms with Gasteiger partial charge in [-0.2, -0.15) is 4.99 Å². The lowest BCUT2D eigenvalue weighted by Gasteiger charge is -2.37.